The van der Waals surface area contributed by atoms with Crippen molar-refractivity contribution in [2.75, 3.05) is 19.5 Å². The van der Waals surface area contributed by atoms with Crippen LogP contribution in [0.25, 0.3) is 0 Å². The molecular weight excluding hydrogens is 223 g/mol. The van der Waals surface area contributed by atoms with Gasteiger partial charge in [-0.2, -0.15) is 5.26 Å². The van der Waals surface area contributed by atoms with Crippen LogP contribution < -0.4 is 5.32 Å². The molecule has 17 heavy (non-hydrogen) atoms. The van der Waals surface area contributed by atoms with Gasteiger partial charge < -0.3 is 14.8 Å². The van der Waals surface area contributed by atoms with Crippen molar-refractivity contribution in [1.82, 2.24) is 0 Å². The van der Waals surface area contributed by atoms with E-state index in [9.17, 15) is 9.65 Å². The number of halogens is 1. The fraction of sp³-hybridized carbons (Fsp3) is 0.417. The summed E-state index contributed by atoms with van der Waals surface area (Å²) >= 11 is 0. The maximum Gasteiger partial charge on any atom is 0.193 e. The van der Waals surface area contributed by atoms with Crippen LogP contribution in [-0.4, -0.2) is 26.0 Å². The largest absolute Gasteiger partial charge is 0.363 e. The minimum absolute atomic E-state index is 0.329. The standard InChI is InChI=1S/C12H15FN2O2/c1-12(8-14,11(16-2)17-3)15-10-6-4-9(13)5-7-10/h4-7,11,15H,1-3H3. The lowest BCUT2D eigenvalue weighted by Gasteiger charge is -2.30. The highest BCUT2D eigenvalue weighted by Gasteiger charge is 2.35. The molecule has 0 saturated carbocycles. The molecule has 0 saturated heterocycles. The average Bonchev–Trinajstić information content (AvgIpc) is 2.33. The van der Waals surface area contributed by atoms with Crippen molar-refractivity contribution < 1.29 is 13.9 Å². The van der Waals surface area contributed by atoms with Crippen LogP contribution in [0.5, 0.6) is 0 Å². The minimum atomic E-state index is -1.05. The van der Waals surface area contributed by atoms with E-state index in [1.165, 1.54) is 26.4 Å². The Morgan fingerprint density at radius 3 is 2.24 bits per heavy atom. The molecule has 1 N–H and O–H groups in total. The van der Waals surface area contributed by atoms with Crippen molar-refractivity contribution in [2.24, 2.45) is 0 Å². The number of anilines is 1. The molecule has 1 aromatic rings. The van der Waals surface area contributed by atoms with Gasteiger partial charge in [0.15, 0.2) is 11.8 Å². The molecule has 1 rings (SSSR count). The highest BCUT2D eigenvalue weighted by molar-refractivity contribution is 5.47. The number of rotatable bonds is 5. The van der Waals surface area contributed by atoms with Gasteiger partial charge in [0.25, 0.3) is 0 Å². The summed E-state index contributed by atoms with van der Waals surface area (Å²) in [6.45, 7) is 1.65. The van der Waals surface area contributed by atoms with Crippen LogP contribution >= 0.6 is 0 Å². The zero-order chi connectivity index (χ0) is 12.9. The van der Waals surface area contributed by atoms with Crippen LogP contribution in [0, 0.1) is 17.1 Å². The molecule has 0 bridgehead atoms. The van der Waals surface area contributed by atoms with E-state index >= 15 is 0 Å². The molecule has 0 aliphatic carbocycles. The first-order valence-electron chi connectivity index (χ1n) is 5.06. The van der Waals surface area contributed by atoms with Gasteiger partial charge in [-0.3, -0.25) is 0 Å². The molecule has 4 nitrogen and oxygen atoms in total. The van der Waals surface area contributed by atoms with Gasteiger partial charge in [0, 0.05) is 19.9 Å². The number of nitrogens with one attached hydrogen (secondary N) is 1. The topological polar surface area (TPSA) is 54.3 Å². The van der Waals surface area contributed by atoms with Gasteiger partial charge in [-0.05, 0) is 31.2 Å². The number of benzene rings is 1. The number of hydrogen-bond donors (Lipinski definition) is 1. The number of hydrogen-bond acceptors (Lipinski definition) is 4. The Labute approximate surface area is 100.0 Å². The van der Waals surface area contributed by atoms with Gasteiger partial charge in [0.1, 0.15) is 5.82 Å². The van der Waals surface area contributed by atoms with E-state index in [2.05, 4.69) is 11.4 Å². The number of nitriles is 1. The molecule has 1 aromatic carbocycles. The zero-order valence-electron chi connectivity index (χ0n) is 10.0. The Bertz CT molecular complexity index is 398. The Hall–Kier alpha value is -1.64. The molecule has 92 valence electrons. The molecule has 1 unspecified atom stereocenters. The van der Waals surface area contributed by atoms with Crippen LogP contribution in [0.1, 0.15) is 6.92 Å². The van der Waals surface area contributed by atoms with E-state index in [4.69, 9.17) is 9.47 Å². The first kappa shape index (κ1) is 13.4. The van der Waals surface area contributed by atoms with Crippen molar-refractivity contribution in [2.45, 2.75) is 18.8 Å². The predicted molar refractivity (Wildman–Crippen MR) is 61.8 cm³/mol. The monoisotopic (exact) mass is 238 g/mol. The Balaban J connectivity index is 2.89. The van der Waals surface area contributed by atoms with Crippen molar-refractivity contribution in [3.8, 4) is 6.07 Å². The van der Waals surface area contributed by atoms with Crippen LogP contribution in [0.4, 0.5) is 10.1 Å². The molecule has 1 atom stereocenters. The number of methoxy groups -OCH3 is 2. The molecule has 0 spiro atoms. The molecule has 5 heteroatoms. The smallest absolute Gasteiger partial charge is 0.193 e. The van der Waals surface area contributed by atoms with Crippen LogP contribution in [0.2, 0.25) is 0 Å². The molecule has 0 radical (unpaired) electrons. The first-order chi connectivity index (χ1) is 8.05. The summed E-state index contributed by atoms with van der Waals surface area (Å²) in [6.07, 6.45) is -0.724. The van der Waals surface area contributed by atoms with Crippen LogP contribution in [-0.2, 0) is 9.47 Å². The van der Waals surface area contributed by atoms with Gasteiger partial charge >= 0.3 is 0 Å². The summed E-state index contributed by atoms with van der Waals surface area (Å²) in [7, 11) is 2.91. The molecule has 0 amide bonds. The molecule has 0 aliphatic heterocycles. The average molecular weight is 238 g/mol. The lowest BCUT2D eigenvalue weighted by atomic mass is 10.0. The Morgan fingerprint density at radius 1 is 1.29 bits per heavy atom. The van der Waals surface area contributed by atoms with Gasteiger partial charge in [-0.15, -0.1) is 0 Å². The quantitative estimate of drug-likeness (QED) is 0.798. The summed E-state index contributed by atoms with van der Waals surface area (Å²) in [5.41, 5.74) is -0.434. The lowest BCUT2D eigenvalue weighted by molar-refractivity contribution is -0.124. The summed E-state index contributed by atoms with van der Waals surface area (Å²) < 4.78 is 22.9. The molecular formula is C12H15FN2O2. The summed E-state index contributed by atoms with van der Waals surface area (Å²) in [4.78, 5) is 0. The predicted octanol–water partition coefficient (Wildman–Crippen LogP) is 2.14. The van der Waals surface area contributed by atoms with Crippen molar-refractivity contribution in [3.63, 3.8) is 0 Å². The Morgan fingerprint density at radius 2 is 1.82 bits per heavy atom. The van der Waals surface area contributed by atoms with E-state index < -0.39 is 11.8 Å². The fourth-order valence-corrected chi connectivity index (χ4v) is 1.54. The molecule has 0 heterocycles. The summed E-state index contributed by atoms with van der Waals surface area (Å²) in [5.74, 6) is -0.329. The van der Waals surface area contributed by atoms with Crippen molar-refractivity contribution in [1.29, 1.82) is 5.26 Å². The minimum Gasteiger partial charge on any atom is -0.363 e. The highest BCUT2D eigenvalue weighted by Crippen LogP contribution is 2.20. The van der Waals surface area contributed by atoms with E-state index in [1.54, 1.807) is 19.1 Å². The second-order valence-corrected chi connectivity index (χ2v) is 3.75. The van der Waals surface area contributed by atoms with Gasteiger partial charge in [-0.1, -0.05) is 0 Å². The normalized spacial score (nSPS) is 14.1. The van der Waals surface area contributed by atoms with Gasteiger partial charge in [0.05, 0.1) is 6.07 Å². The van der Waals surface area contributed by atoms with Crippen molar-refractivity contribution in [3.05, 3.63) is 30.1 Å². The third-order valence-corrected chi connectivity index (χ3v) is 2.38. The van der Waals surface area contributed by atoms with E-state index in [1.807, 2.05) is 0 Å². The van der Waals surface area contributed by atoms with Gasteiger partial charge in [0.2, 0.25) is 0 Å². The second-order valence-electron chi connectivity index (χ2n) is 3.75. The van der Waals surface area contributed by atoms with Crippen LogP contribution in [0.3, 0.4) is 0 Å². The lowest BCUT2D eigenvalue weighted by Crippen LogP contribution is -2.47. The van der Waals surface area contributed by atoms with E-state index in [-0.39, 0.29) is 5.82 Å². The van der Waals surface area contributed by atoms with E-state index in [0.29, 0.717) is 5.69 Å². The van der Waals surface area contributed by atoms with Gasteiger partial charge in [-0.25, -0.2) is 4.39 Å². The maximum absolute atomic E-state index is 12.8. The maximum atomic E-state index is 12.8. The van der Waals surface area contributed by atoms with Crippen molar-refractivity contribution >= 4 is 5.69 Å². The second kappa shape index (κ2) is 5.62. The first-order valence-corrected chi connectivity index (χ1v) is 5.06. The van der Waals surface area contributed by atoms with Crippen LogP contribution in [0.15, 0.2) is 24.3 Å². The third-order valence-electron chi connectivity index (χ3n) is 2.38. The molecule has 0 aromatic heterocycles. The third kappa shape index (κ3) is 3.16. The zero-order valence-corrected chi connectivity index (χ0v) is 10.0. The highest BCUT2D eigenvalue weighted by atomic mass is 19.1. The number of nitrogens with zero attached hydrogens (tertiary/aromatic N) is 1. The Kier molecular flexibility index (Phi) is 4.44. The summed E-state index contributed by atoms with van der Waals surface area (Å²) in [6, 6.07) is 7.81. The number of ether oxygens (including phenoxy) is 2. The molecule has 0 fully saturated rings. The van der Waals surface area contributed by atoms with E-state index in [0.717, 1.165) is 0 Å². The summed E-state index contributed by atoms with van der Waals surface area (Å²) in [5, 5.41) is 12.1. The SMILES string of the molecule is COC(OC)C(C)(C#N)Nc1ccc(F)cc1. The molecule has 0 aliphatic rings. The fourth-order valence-electron chi connectivity index (χ4n) is 1.54.